The highest BCUT2D eigenvalue weighted by atomic mass is 16.6. The lowest BCUT2D eigenvalue weighted by molar-refractivity contribution is 0.0117. The van der Waals surface area contributed by atoms with Crippen molar-refractivity contribution in [1.82, 2.24) is 5.32 Å². The average Bonchev–Trinajstić information content (AvgIpc) is 2.51. The van der Waals surface area contributed by atoms with Gasteiger partial charge in [0, 0.05) is 23.2 Å². The van der Waals surface area contributed by atoms with Gasteiger partial charge in [0.05, 0.1) is 6.10 Å². The molecule has 0 aliphatic heterocycles. The van der Waals surface area contributed by atoms with Gasteiger partial charge in [-0.3, -0.25) is 9.59 Å². The maximum Gasteiger partial charge on any atom is 0.407 e. The summed E-state index contributed by atoms with van der Waals surface area (Å²) >= 11 is 0. The third kappa shape index (κ3) is 5.75. The molecule has 0 aromatic heterocycles. The number of amides is 1. The van der Waals surface area contributed by atoms with Crippen LogP contribution in [0.25, 0.3) is 0 Å². The predicted octanol–water partition coefficient (Wildman–Crippen LogP) is 1.62. The molecule has 2 unspecified atom stereocenters. The van der Waals surface area contributed by atoms with E-state index in [1.54, 1.807) is 20.8 Å². The highest BCUT2D eigenvalue weighted by molar-refractivity contribution is 5.86. The Hall–Kier alpha value is -2.25. The van der Waals surface area contributed by atoms with Gasteiger partial charge in [0.2, 0.25) is 0 Å². The Morgan fingerprint density at radius 2 is 1.75 bits per heavy atom. The Bertz CT molecular complexity index is 567. The van der Waals surface area contributed by atoms with Gasteiger partial charge in [-0.15, -0.1) is 0 Å². The van der Waals surface area contributed by atoms with Gasteiger partial charge in [-0.2, -0.15) is 0 Å². The molecule has 1 aromatic rings. The number of ether oxygens (including phenoxy) is 1. The molecule has 0 spiro atoms. The summed E-state index contributed by atoms with van der Waals surface area (Å²) in [5.74, 6) is 0. The average molecular weight is 337 g/mol. The number of aliphatic hydroxyl groups excluding tert-OH is 2. The summed E-state index contributed by atoms with van der Waals surface area (Å²) in [6, 6.07) is 4.41. The summed E-state index contributed by atoms with van der Waals surface area (Å²) in [6.07, 6.45) is -2.28. The zero-order valence-electron chi connectivity index (χ0n) is 14.0. The van der Waals surface area contributed by atoms with E-state index >= 15 is 0 Å². The third-order valence-electron chi connectivity index (χ3n) is 3.20. The fraction of sp³-hybridized carbons (Fsp3) is 0.471. The zero-order chi connectivity index (χ0) is 18.3. The Morgan fingerprint density at radius 1 is 1.21 bits per heavy atom. The largest absolute Gasteiger partial charge is 0.444 e. The van der Waals surface area contributed by atoms with Gasteiger partial charge >= 0.3 is 6.09 Å². The second kappa shape index (κ2) is 8.56. The van der Waals surface area contributed by atoms with Gasteiger partial charge in [-0.05, 0) is 27.2 Å². The maximum atomic E-state index is 11.5. The van der Waals surface area contributed by atoms with Crippen molar-refractivity contribution in [2.75, 3.05) is 6.54 Å². The first kappa shape index (κ1) is 19.8. The maximum absolute atomic E-state index is 11.5. The van der Waals surface area contributed by atoms with E-state index in [-0.39, 0.29) is 29.7 Å². The molecule has 0 saturated carbocycles. The second-order valence-corrected chi connectivity index (χ2v) is 6.32. The van der Waals surface area contributed by atoms with Crippen molar-refractivity contribution < 1.29 is 29.3 Å². The molecule has 1 amide bonds. The van der Waals surface area contributed by atoms with E-state index < -0.39 is 23.9 Å². The van der Waals surface area contributed by atoms with E-state index in [0.29, 0.717) is 12.6 Å². The first-order valence-electron chi connectivity index (χ1n) is 7.56. The monoisotopic (exact) mass is 337 g/mol. The number of rotatable bonds is 7. The molecule has 0 aliphatic rings. The van der Waals surface area contributed by atoms with Gasteiger partial charge < -0.3 is 20.3 Å². The number of carbonyl (C=O) groups excluding carboxylic acids is 3. The summed E-state index contributed by atoms with van der Waals surface area (Å²) in [4.78, 5) is 33.7. The molecule has 1 rings (SSSR count). The SMILES string of the molecule is CC(C)(C)OC(=O)NCCC(O)C(O)c1c(C=O)cccc1C=O. The van der Waals surface area contributed by atoms with Crippen molar-refractivity contribution in [3.8, 4) is 0 Å². The number of alkyl carbamates (subject to hydrolysis) is 1. The molecule has 0 heterocycles. The first-order valence-corrected chi connectivity index (χ1v) is 7.56. The first-order chi connectivity index (χ1) is 11.2. The van der Waals surface area contributed by atoms with Crippen LogP contribution in [0.4, 0.5) is 4.79 Å². The van der Waals surface area contributed by atoms with Crippen LogP contribution in [0, 0.1) is 0 Å². The van der Waals surface area contributed by atoms with E-state index in [9.17, 15) is 24.6 Å². The van der Waals surface area contributed by atoms with E-state index in [1.165, 1.54) is 18.2 Å². The number of nitrogens with one attached hydrogen (secondary N) is 1. The number of aliphatic hydroxyl groups is 2. The van der Waals surface area contributed by atoms with Crippen molar-refractivity contribution in [3.05, 3.63) is 34.9 Å². The van der Waals surface area contributed by atoms with E-state index in [2.05, 4.69) is 5.32 Å². The molecule has 24 heavy (non-hydrogen) atoms. The molecule has 7 nitrogen and oxygen atoms in total. The highest BCUT2D eigenvalue weighted by Crippen LogP contribution is 2.25. The Kier molecular flexibility index (Phi) is 7.06. The quantitative estimate of drug-likeness (QED) is 0.652. The minimum Gasteiger partial charge on any atom is -0.444 e. The van der Waals surface area contributed by atoms with Crippen LogP contribution in [0.15, 0.2) is 18.2 Å². The number of carbonyl (C=O) groups is 3. The molecule has 132 valence electrons. The fourth-order valence-corrected chi connectivity index (χ4v) is 2.14. The number of hydrogen-bond donors (Lipinski definition) is 3. The molecule has 7 heteroatoms. The topological polar surface area (TPSA) is 113 Å². The molecule has 0 bridgehead atoms. The molecule has 0 fully saturated rings. The van der Waals surface area contributed by atoms with Crippen LogP contribution >= 0.6 is 0 Å². The van der Waals surface area contributed by atoms with Crippen LogP contribution < -0.4 is 5.32 Å². The molecule has 1 aromatic carbocycles. The van der Waals surface area contributed by atoms with Crippen LogP contribution in [0.2, 0.25) is 0 Å². The summed E-state index contributed by atoms with van der Waals surface area (Å²) < 4.78 is 5.05. The minimum absolute atomic E-state index is 0.0197. The number of aldehydes is 2. The fourth-order valence-electron chi connectivity index (χ4n) is 2.14. The lowest BCUT2D eigenvalue weighted by Gasteiger charge is -2.22. The predicted molar refractivity (Wildman–Crippen MR) is 87.0 cm³/mol. The summed E-state index contributed by atoms with van der Waals surface area (Å²) in [5.41, 5.74) is -0.297. The molecule has 2 atom stereocenters. The van der Waals surface area contributed by atoms with Crippen LogP contribution in [0.3, 0.4) is 0 Å². The summed E-state index contributed by atoms with van der Waals surface area (Å²) in [7, 11) is 0. The minimum atomic E-state index is -1.42. The lowest BCUT2D eigenvalue weighted by atomic mass is 9.93. The zero-order valence-corrected chi connectivity index (χ0v) is 14.0. The molecule has 0 saturated heterocycles. The number of hydrogen-bond acceptors (Lipinski definition) is 6. The smallest absolute Gasteiger partial charge is 0.407 e. The van der Waals surface area contributed by atoms with Crippen LogP contribution in [0.5, 0.6) is 0 Å². The van der Waals surface area contributed by atoms with E-state index in [1.807, 2.05) is 0 Å². The Labute approximate surface area is 140 Å². The molecule has 3 N–H and O–H groups in total. The van der Waals surface area contributed by atoms with Gasteiger partial charge in [-0.1, -0.05) is 18.2 Å². The normalized spacial score (nSPS) is 13.7. The standard InChI is InChI=1S/C17H23NO6/c1-17(2,3)24-16(23)18-8-7-13(21)15(22)14-11(9-19)5-4-6-12(14)10-20/h4-6,9-10,13,15,21-22H,7-8H2,1-3H3,(H,18,23). The van der Waals surface area contributed by atoms with Gasteiger partial charge in [0.25, 0.3) is 0 Å². The second-order valence-electron chi connectivity index (χ2n) is 6.32. The summed E-state index contributed by atoms with van der Waals surface area (Å²) in [6.45, 7) is 5.24. The Balaban J connectivity index is 2.69. The van der Waals surface area contributed by atoms with Crippen LogP contribution in [-0.2, 0) is 4.74 Å². The Morgan fingerprint density at radius 3 is 2.21 bits per heavy atom. The number of benzene rings is 1. The van der Waals surface area contributed by atoms with Crippen molar-refractivity contribution in [3.63, 3.8) is 0 Å². The third-order valence-corrected chi connectivity index (χ3v) is 3.20. The van der Waals surface area contributed by atoms with Crippen molar-refractivity contribution in [1.29, 1.82) is 0 Å². The molecular formula is C17H23NO6. The van der Waals surface area contributed by atoms with E-state index in [0.717, 1.165) is 0 Å². The molecule has 0 radical (unpaired) electrons. The van der Waals surface area contributed by atoms with Crippen LogP contribution in [-0.4, -0.2) is 47.1 Å². The van der Waals surface area contributed by atoms with E-state index in [4.69, 9.17) is 4.74 Å². The molecule has 0 aliphatic carbocycles. The van der Waals surface area contributed by atoms with Gasteiger partial charge in [-0.25, -0.2) is 4.79 Å². The summed E-state index contributed by atoms with van der Waals surface area (Å²) in [5, 5.41) is 22.8. The van der Waals surface area contributed by atoms with Crippen molar-refractivity contribution >= 4 is 18.7 Å². The van der Waals surface area contributed by atoms with Gasteiger partial charge in [0.1, 0.15) is 24.3 Å². The lowest BCUT2D eigenvalue weighted by Crippen LogP contribution is -2.34. The van der Waals surface area contributed by atoms with Crippen LogP contribution in [0.1, 0.15) is 59.6 Å². The van der Waals surface area contributed by atoms with Crippen molar-refractivity contribution in [2.24, 2.45) is 0 Å². The molecular weight excluding hydrogens is 314 g/mol. The highest BCUT2D eigenvalue weighted by Gasteiger charge is 2.24. The van der Waals surface area contributed by atoms with Gasteiger partial charge in [0.15, 0.2) is 0 Å². The van der Waals surface area contributed by atoms with Crippen molar-refractivity contribution in [2.45, 2.75) is 45.0 Å².